The van der Waals surface area contributed by atoms with E-state index in [2.05, 4.69) is 28.3 Å². The van der Waals surface area contributed by atoms with Gasteiger partial charge in [-0.15, -0.1) is 0 Å². The molecule has 1 aromatic carbocycles. The summed E-state index contributed by atoms with van der Waals surface area (Å²) in [6.07, 6.45) is 11.1. The molecule has 1 N–H and O–H groups in total. The van der Waals surface area contributed by atoms with Crippen LogP contribution in [0.4, 0.5) is 4.39 Å². The molecule has 1 saturated heterocycles. The Bertz CT molecular complexity index is 1400. The van der Waals surface area contributed by atoms with E-state index < -0.39 is 5.82 Å². The van der Waals surface area contributed by atoms with Gasteiger partial charge in [0, 0.05) is 63.0 Å². The molecule has 2 fully saturated rings. The highest BCUT2D eigenvalue weighted by Gasteiger charge is 2.32. The minimum atomic E-state index is -0.424. The van der Waals surface area contributed by atoms with E-state index in [0.717, 1.165) is 62.8 Å². The third kappa shape index (κ3) is 6.17. The van der Waals surface area contributed by atoms with Gasteiger partial charge in [-0.3, -0.25) is 14.6 Å². The fourth-order valence-electron chi connectivity index (χ4n) is 6.67. The zero-order valence-corrected chi connectivity index (χ0v) is 25.1. The number of hydrogen-bond donors (Lipinski definition) is 1. The number of hydrogen-bond acceptors (Lipinski definition) is 4. The average molecular weight is 562 g/mol. The fraction of sp³-hybridized carbons (Fsp3) is 0.545. The predicted molar refractivity (Wildman–Crippen MR) is 161 cm³/mol. The Hall–Kier alpha value is -3.26. The number of likely N-dealkylation sites (tertiary alicyclic amines) is 1. The lowest BCUT2D eigenvalue weighted by atomic mass is 9.80. The first-order chi connectivity index (χ1) is 19.7. The van der Waals surface area contributed by atoms with Crippen LogP contribution in [0.2, 0.25) is 0 Å². The van der Waals surface area contributed by atoms with Crippen LogP contribution < -0.4 is 5.32 Å². The standard InChI is InChI=1S/C33H44FN5O2/c1-6-36-32(40)25-9-7-23(8-10-25)17-38-18-24(19-38)13-26-20-39(30-16-35-15-22(4)31(26)30)29-12-11-27(34)14-28(29)33(41)37(5)21(2)3/h11-12,14-16,20-21,23-25H,6-10,13,17-19H2,1-5H3,(H,36,40)/t23-,25-. The number of halogens is 1. The molecule has 220 valence electrons. The molecule has 1 aliphatic carbocycles. The first-order valence-electron chi connectivity index (χ1n) is 15.2. The molecule has 3 aromatic rings. The second kappa shape index (κ2) is 12.3. The van der Waals surface area contributed by atoms with E-state index in [1.54, 1.807) is 18.0 Å². The summed E-state index contributed by atoms with van der Waals surface area (Å²) in [5, 5.41) is 4.15. The normalized spacial score (nSPS) is 19.9. The predicted octanol–water partition coefficient (Wildman–Crippen LogP) is 5.37. The van der Waals surface area contributed by atoms with Gasteiger partial charge in [0.1, 0.15) is 5.82 Å². The zero-order chi connectivity index (χ0) is 29.3. The van der Waals surface area contributed by atoms with Crippen LogP contribution in [-0.2, 0) is 11.2 Å². The van der Waals surface area contributed by atoms with E-state index in [4.69, 9.17) is 0 Å². The van der Waals surface area contributed by atoms with Crippen molar-refractivity contribution >= 4 is 22.7 Å². The maximum Gasteiger partial charge on any atom is 0.256 e. The Morgan fingerprint density at radius 2 is 1.85 bits per heavy atom. The maximum absolute atomic E-state index is 14.4. The number of rotatable bonds is 9. The Kier molecular flexibility index (Phi) is 8.78. The Balaban J connectivity index is 1.30. The van der Waals surface area contributed by atoms with Crippen molar-refractivity contribution in [2.75, 3.05) is 33.2 Å². The van der Waals surface area contributed by atoms with Crippen molar-refractivity contribution in [1.82, 2.24) is 24.7 Å². The Labute approximate surface area is 243 Å². The van der Waals surface area contributed by atoms with E-state index in [0.29, 0.717) is 29.6 Å². The number of carbonyl (C=O) groups excluding carboxylic acids is 2. The van der Waals surface area contributed by atoms with E-state index >= 15 is 0 Å². The van der Waals surface area contributed by atoms with Gasteiger partial charge in [0.15, 0.2) is 0 Å². The van der Waals surface area contributed by atoms with Gasteiger partial charge in [0.2, 0.25) is 5.91 Å². The molecule has 0 atom stereocenters. The van der Waals surface area contributed by atoms with Gasteiger partial charge in [-0.1, -0.05) is 0 Å². The third-order valence-electron chi connectivity index (χ3n) is 9.15. The van der Waals surface area contributed by atoms with Crippen LogP contribution in [0.3, 0.4) is 0 Å². The topological polar surface area (TPSA) is 70.5 Å². The van der Waals surface area contributed by atoms with Gasteiger partial charge in [-0.05, 0) is 101 Å². The number of fused-ring (bicyclic) bond motifs is 1. The van der Waals surface area contributed by atoms with Crippen molar-refractivity contribution in [3.05, 3.63) is 59.3 Å². The SMILES string of the molecule is CCNC(=O)[C@H]1CC[C@H](CN2CC(Cc3cn(-c4ccc(F)cc4C(=O)N(C)C(C)C)c4cncc(C)c34)C2)CC1. The van der Waals surface area contributed by atoms with Crippen LogP contribution in [0.5, 0.6) is 0 Å². The molecular formula is C33H44FN5O2. The van der Waals surface area contributed by atoms with Gasteiger partial charge in [0.05, 0.1) is 23.0 Å². The summed E-state index contributed by atoms with van der Waals surface area (Å²) in [7, 11) is 1.75. The molecule has 1 saturated carbocycles. The van der Waals surface area contributed by atoms with Gasteiger partial charge in [-0.2, -0.15) is 0 Å². The number of pyridine rings is 1. The quantitative estimate of drug-likeness (QED) is 0.381. The van der Waals surface area contributed by atoms with Crippen molar-refractivity contribution in [3.8, 4) is 5.69 Å². The van der Waals surface area contributed by atoms with Crippen LogP contribution in [0.25, 0.3) is 16.6 Å². The molecule has 2 aromatic heterocycles. The summed E-state index contributed by atoms with van der Waals surface area (Å²) < 4.78 is 16.4. The first-order valence-corrected chi connectivity index (χ1v) is 15.2. The molecular weight excluding hydrogens is 517 g/mol. The molecule has 3 heterocycles. The summed E-state index contributed by atoms with van der Waals surface area (Å²) in [5.41, 5.74) is 4.30. The number of aromatic nitrogens is 2. The molecule has 2 aliphatic rings. The lowest BCUT2D eigenvalue weighted by Gasteiger charge is -2.42. The van der Waals surface area contributed by atoms with Crippen molar-refractivity contribution < 1.29 is 14.0 Å². The minimum absolute atomic E-state index is 0.00310. The molecule has 2 amide bonds. The van der Waals surface area contributed by atoms with E-state index in [1.165, 1.54) is 23.1 Å². The van der Waals surface area contributed by atoms with E-state index in [-0.39, 0.29) is 23.8 Å². The molecule has 5 rings (SSSR count). The summed E-state index contributed by atoms with van der Waals surface area (Å²) >= 11 is 0. The molecule has 41 heavy (non-hydrogen) atoms. The highest BCUT2D eigenvalue weighted by molar-refractivity contribution is 5.99. The van der Waals surface area contributed by atoms with Crippen LogP contribution >= 0.6 is 0 Å². The van der Waals surface area contributed by atoms with Crippen LogP contribution in [0.15, 0.2) is 36.8 Å². The summed E-state index contributed by atoms with van der Waals surface area (Å²) in [6.45, 7) is 11.9. The van der Waals surface area contributed by atoms with Crippen molar-refractivity contribution in [1.29, 1.82) is 0 Å². The van der Waals surface area contributed by atoms with Gasteiger partial charge < -0.3 is 19.7 Å². The molecule has 0 radical (unpaired) electrons. The third-order valence-corrected chi connectivity index (χ3v) is 9.15. The number of aryl methyl sites for hydroxylation is 1. The number of nitrogens with one attached hydrogen (secondary N) is 1. The highest BCUT2D eigenvalue weighted by Crippen LogP contribution is 2.34. The lowest BCUT2D eigenvalue weighted by Crippen LogP contribution is -2.49. The molecule has 1 aliphatic heterocycles. The first kappa shape index (κ1) is 29.2. The molecule has 8 heteroatoms. The summed E-state index contributed by atoms with van der Waals surface area (Å²) in [5.74, 6) is 1.03. The highest BCUT2D eigenvalue weighted by atomic mass is 19.1. The second-order valence-electron chi connectivity index (χ2n) is 12.4. The monoisotopic (exact) mass is 561 g/mol. The number of carbonyl (C=O) groups is 2. The summed E-state index contributed by atoms with van der Waals surface area (Å²) in [4.78, 5) is 34.2. The number of amides is 2. The van der Waals surface area contributed by atoms with Crippen molar-refractivity contribution in [2.24, 2.45) is 17.8 Å². The fourth-order valence-corrected chi connectivity index (χ4v) is 6.67. The van der Waals surface area contributed by atoms with Gasteiger partial charge >= 0.3 is 0 Å². The largest absolute Gasteiger partial charge is 0.356 e. The molecule has 0 spiro atoms. The van der Waals surface area contributed by atoms with Gasteiger partial charge in [-0.25, -0.2) is 4.39 Å². The van der Waals surface area contributed by atoms with Crippen LogP contribution in [-0.4, -0.2) is 70.4 Å². The summed E-state index contributed by atoms with van der Waals surface area (Å²) in [6, 6.07) is 4.47. The smallest absolute Gasteiger partial charge is 0.256 e. The van der Waals surface area contributed by atoms with Crippen molar-refractivity contribution in [2.45, 2.75) is 65.8 Å². The van der Waals surface area contributed by atoms with Crippen LogP contribution in [0, 0.1) is 30.5 Å². The maximum atomic E-state index is 14.4. The van der Waals surface area contributed by atoms with Crippen molar-refractivity contribution in [3.63, 3.8) is 0 Å². The number of nitrogens with zero attached hydrogens (tertiary/aromatic N) is 4. The Morgan fingerprint density at radius 1 is 1.12 bits per heavy atom. The Morgan fingerprint density at radius 3 is 2.54 bits per heavy atom. The average Bonchev–Trinajstić information content (AvgIpc) is 3.30. The van der Waals surface area contributed by atoms with Crippen LogP contribution in [0.1, 0.15) is 67.9 Å². The van der Waals surface area contributed by atoms with E-state index in [9.17, 15) is 14.0 Å². The van der Waals surface area contributed by atoms with Gasteiger partial charge in [0.25, 0.3) is 5.91 Å². The molecule has 0 unspecified atom stereocenters. The minimum Gasteiger partial charge on any atom is -0.356 e. The van der Waals surface area contributed by atoms with E-state index in [1.807, 2.05) is 37.7 Å². The second-order valence-corrected chi connectivity index (χ2v) is 12.4. The molecule has 7 nitrogen and oxygen atoms in total. The molecule has 0 bridgehead atoms. The number of benzene rings is 1. The zero-order valence-electron chi connectivity index (χ0n) is 25.1. The lowest BCUT2D eigenvalue weighted by molar-refractivity contribution is -0.126.